The largest absolute Gasteiger partial charge is 0.490 e. The normalized spacial score (nSPS) is 11.0. The quantitative estimate of drug-likeness (QED) is 0.726. The maximum atomic E-state index is 14.0. The van der Waals surface area contributed by atoms with Crippen molar-refractivity contribution in [3.63, 3.8) is 0 Å². The van der Waals surface area contributed by atoms with Crippen LogP contribution in [0.15, 0.2) is 30.3 Å². The first-order valence-corrected chi connectivity index (χ1v) is 6.47. The summed E-state index contributed by atoms with van der Waals surface area (Å²) in [5.41, 5.74) is -0.678. The minimum absolute atomic E-state index is 0.146. The first-order valence-electron chi connectivity index (χ1n) is 6.47. The fourth-order valence-corrected chi connectivity index (χ4v) is 1.82. The summed E-state index contributed by atoms with van der Waals surface area (Å²) in [5.74, 6) is -4.91. The Balaban J connectivity index is 2.43. The summed E-state index contributed by atoms with van der Waals surface area (Å²) < 4.78 is 59.9. The van der Waals surface area contributed by atoms with Crippen LogP contribution in [0.5, 0.6) is 5.75 Å². The van der Waals surface area contributed by atoms with E-state index in [4.69, 9.17) is 4.74 Å². The third kappa shape index (κ3) is 3.17. The summed E-state index contributed by atoms with van der Waals surface area (Å²) >= 11 is 0. The van der Waals surface area contributed by atoms with Crippen molar-refractivity contribution in [1.82, 2.24) is 0 Å². The van der Waals surface area contributed by atoms with E-state index in [1.54, 1.807) is 0 Å². The summed E-state index contributed by atoms with van der Waals surface area (Å²) in [6, 6.07) is 5.71. The van der Waals surface area contributed by atoms with Gasteiger partial charge in [0.05, 0.1) is 6.61 Å². The molecular formula is C16H14F4O. The molecule has 0 heterocycles. The fourth-order valence-electron chi connectivity index (χ4n) is 1.82. The molecule has 0 fully saturated rings. The summed E-state index contributed by atoms with van der Waals surface area (Å²) in [6.45, 7) is 3.96. The van der Waals surface area contributed by atoms with Crippen molar-refractivity contribution in [3.05, 3.63) is 53.6 Å². The van der Waals surface area contributed by atoms with E-state index < -0.39 is 23.3 Å². The Labute approximate surface area is 120 Å². The van der Waals surface area contributed by atoms with Crippen LogP contribution in [0.4, 0.5) is 17.6 Å². The van der Waals surface area contributed by atoms with Crippen LogP contribution in [0.3, 0.4) is 0 Å². The lowest BCUT2D eigenvalue weighted by Gasteiger charge is -2.12. The van der Waals surface area contributed by atoms with E-state index in [2.05, 4.69) is 0 Å². The highest BCUT2D eigenvalue weighted by atomic mass is 19.2. The summed E-state index contributed by atoms with van der Waals surface area (Å²) in [4.78, 5) is 0. The fraction of sp³-hybridized carbons (Fsp3) is 0.250. The molecule has 2 rings (SSSR count). The lowest BCUT2D eigenvalue weighted by Crippen LogP contribution is -2.07. The van der Waals surface area contributed by atoms with E-state index in [0.717, 1.165) is 6.07 Å². The molecule has 0 aromatic heterocycles. The summed E-state index contributed by atoms with van der Waals surface area (Å²) in [7, 11) is 0. The second kappa shape index (κ2) is 6.16. The molecule has 0 saturated heterocycles. The highest BCUT2D eigenvalue weighted by Gasteiger charge is 2.19. The van der Waals surface area contributed by atoms with E-state index in [1.807, 2.05) is 13.8 Å². The van der Waals surface area contributed by atoms with Gasteiger partial charge in [-0.1, -0.05) is 26.0 Å². The van der Waals surface area contributed by atoms with Gasteiger partial charge in [0.1, 0.15) is 0 Å². The average Bonchev–Trinajstić information content (AvgIpc) is 2.44. The second-order valence-electron chi connectivity index (χ2n) is 5.05. The molecule has 0 bridgehead atoms. The van der Waals surface area contributed by atoms with Crippen molar-refractivity contribution in [3.8, 4) is 16.9 Å². The van der Waals surface area contributed by atoms with Gasteiger partial charge in [-0.15, -0.1) is 0 Å². The third-order valence-electron chi connectivity index (χ3n) is 2.86. The molecule has 0 radical (unpaired) electrons. The van der Waals surface area contributed by atoms with Crippen molar-refractivity contribution in [2.75, 3.05) is 6.61 Å². The molecule has 21 heavy (non-hydrogen) atoms. The predicted octanol–water partition coefficient (Wildman–Crippen LogP) is 4.94. The van der Waals surface area contributed by atoms with Crippen LogP contribution in [-0.4, -0.2) is 6.61 Å². The van der Waals surface area contributed by atoms with Gasteiger partial charge in [0, 0.05) is 11.1 Å². The zero-order valence-electron chi connectivity index (χ0n) is 11.6. The van der Waals surface area contributed by atoms with Gasteiger partial charge in [-0.25, -0.2) is 13.2 Å². The van der Waals surface area contributed by atoms with Gasteiger partial charge in [-0.05, 0) is 24.1 Å². The smallest absolute Gasteiger partial charge is 0.201 e. The van der Waals surface area contributed by atoms with E-state index in [9.17, 15) is 17.6 Å². The molecule has 2 aromatic carbocycles. The first-order chi connectivity index (χ1) is 9.91. The first kappa shape index (κ1) is 15.4. The number of halogens is 4. The summed E-state index contributed by atoms with van der Waals surface area (Å²) in [6.07, 6.45) is 0. The average molecular weight is 298 g/mol. The minimum atomic E-state index is -1.26. The molecule has 0 atom stereocenters. The Morgan fingerprint density at radius 2 is 1.52 bits per heavy atom. The van der Waals surface area contributed by atoms with Crippen LogP contribution in [0.25, 0.3) is 11.1 Å². The lowest BCUT2D eigenvalue weighted by molar-refractivity contribution is 0.255. The number of hydrogen-bond acceptors (Lipinski definition) is 1. The number of benzene rings is 2. The van der Waals surface area contributed by atoms with Crippen LogP contribution >= 0.6 is 0 Å². The van der Waals surface area contributed by atoms with Gasteiger partial charge in [0.25, 0.3) is 0 Å². The van der Waals surface area contributed by atoms with Gasteiger partial charge < -0.3 is 4.74 Å². The van der Waals surface area contributed by atoms with Crippen molar-refractivity contribution < 1.29 is 22.3 Å². The molecule has 0 amide bonds. The van der Waals surface area contributed by atoms with Crippen LogP contribution in [0, 0.1) is 29.2 Å². The molecule has 0 N–H and O–H groups in total. The molecular weight excluding hydrogens is 284 g/mol. The van der Waals surface area contributed by atoms with Gasteiger partial charge in [-0.2, -0.15) is 4.39 Å². The Morgan fingerprint density at radius 1 is 0.857 bits per heavy atom. The monoisotopic (exact) mass is 298 g/mol. The van der Waals surface area contributed by atoms with E-state index in [0.29, 0.717) is 0 Å². The Hall–Kier alpha value is -2.04. The van der Waals surface area contributed by atoms with Crippen molar-refractivity contribution in [2.24, 2.45) is 5.92 Å². The molecule has 5 heteroatoms. The highest BCUT2D eigenvalue weighted by Crippen LogP contribution is 2.32. The predicted molar refractivity (Wildman–Crippen MR) is 72.0 cm³/mol. The zero-order valence-corrected chi connectivity index (χ0v) is 11.6. The molecule has 112 valence electrons. The van der Waals surface area contributed by atoms with Gasteiger partial charge in [-0.3, -0.25) is 0 Å². The van der Waals surface area contributed by atoms with Crippen molar-refractivity contribution in [1.29, 1.82) is 0 Å². The number of rotatable bonds is 4. The Kier molecular flexibility index (Phi) is 4.50. The number of hydrogen-bond donors (Lipinski definition) is 0. The molecule has 0 aliphatic heterocycles. The number of ether oxygens (including phenoxy) is 1. The van der Waals surface area contributed by atoms with Crippen LogP contribution in [-0.2, 0) is 0 Å². The molecule has 2 aromatic rings. The van der Waals surface area contributed by atoms with Crippen LogP contribution < -0.4 is 4.74 Å². The van der Waals surface area contributed by atoms with Crippen molar-refractivity contribution >= 4 is 0 Å². The maximum Gasteiger partial charge on any atom is 0.201 e. The molecule has 0 aliphatic carbocycles. The lowest BCUT2D eigenvalue weighted by atomic mass is 10.0. The molecule has 0 saturated carbocycles. The molecule has 1 nitrogen and oxygen atoms in total. The van der Waals surface area contributed by atoms with E-state index in [-0.39, 0.29) is 29.4 Å². The molecule has 0 spiro atoms. The van der Waals surface area contributed by atoms with E-state index >= 15 is 0 Å². The van der Waals surface area contributed by atoms with Gasteiger partial charge in [0.15, 0.2) is 23.2 Å². The standard InChI is InChI=1S/C16H14F4O/c1-9(2)8-21-13-7-6-11(15(19)16(13)20)10-4-3-5-12(17)14(10)18/h3-7,9H,8H2,1-2H3. The molecule has 0 aliphatic rings. The van der Waals surface area contributed by atoms with Gasteiger partial charge >= 0.3 is 0 Å². The zero-order chi connectivity index (χ0) is 15.6. The van der Waals surface area contributed by atoms with E-state index in [1.165, 1.54) is 24.3 Å². The van der Waals surface area contributed by atoms with Crippen LogP contribution in [0.2, 0.25) is 0 Å². The SMILES string of the molecule is CC(C)COc1ccc(-c2cccc(F)c2F)c(F)c1F. The second-order valence-corrected chi connectivity index (χ2v) is 5.05. The highest BCUT2D eigenvalue weighted by molar-refractivity contribution is 5.66. The Morgan fingerprint density at radius 3 is 2.19 bits per heavy atom. The maximum absolute atomic E-state index is 14.0. The topological polar surface area (TPSA) is 9.23 Å². The minimum Gasteiger partial charge on any atom is -0.490 e. The van der Waals surface area contributed by atoms with Gasteiger partial charge in [0.2, 0.25) is 5.82 Å². The van der Waals surface area contributed by atoms with Crippen molar-refractivity contribution in [2.45, 2.75) is 13.8 Å². The Bertz CT molecular complexity index is 653. The molecule has 0 unspecified atom stereocenters. The van der Waals surface area contributed by atoms with Crippen LogP contribution in [0.1, 0.15) is 13.8 Å². The summed E-state index contributed by atoms with van der Waals surface area (Å²) in [5, 5.41) is 0. The third-order valence-corrected chi connectivity index (χ3v) is 2.86.